The molecular weight excluding hydrogens is 485 g/mol. The average Bonchev–Trinajstić information content (AvgIpc) is 3.47. The summed E-state index contributed by atoms with van der Waals surface area (Å²) >= 11 is 6.57. The minimum absolute atomic E-state index is 0.00709. The summed E-state index contributed by atoms with van der Waals surface area (Å²) in [4.78, 5) is 26.8. The molecule has 1 aliphatic carbocycles. The second-order valence-corrected chi connectivity index (χ2v) is 9.86. The van der Waals surface area contributed by atoms with Crippen LogP contribution in [-0.2, 0) is 12.6 Å². The Morgan fingerprint density at radius 3 is 2.72 bits per heavy atom. The number of aromatic nitrogens is 7. The minimum atomic E-state index is -2.48. The lowest BCUT2D eigenvalue weighted by molar-refractivity contribution is 0.0688. The van der Waals surface area contributed by atoms with Crippen LogP contribution in [0.3, 0.4) is 0 Å². The fraction of sp³-hybridized carbons (Fsp3) is 0.360. The first kappa shape index (κ1) is 20.7. The van der Waals surface area contributed by atoms with Crippen molar-refractivity contribution < 1.29 is 13.6 Å². The van der Waals surface area contributed by atoms with E-state index in [1.165, 1.54) is 43.1 Å². The molecule has 11 heteroatoms. The molecule has 1 aliphatic rings. The van der Waals surface area contributed by atoms with Gasteiger partial charge in [0.25, 0.3) is 5.56 Å². The lowest BCUT2D eigenvalue weighted by Crippen LogP contribution is -2.25. The van der Waals surface area contributed by atoms with Crippen LogP contribution in [0.25, 0.3) is 17.1 Å². The van der Waals surface area contributed by atoms with Gasteiger partial charge in [0.2, 0.25) is 0 Å². The highest BCUT2D eigenvalue weighted by Gasteiger charge is 2.43. The molecule has 1 saturated carbocycles. The Labute approximate surface area is 215 Å². The van der Waals surface area contributed by atoms with Crippen LogP contribution in [0.2, 0.25) is 5.02 Å². The first-order valence-electron chi connectivity index (χ1n) is 12.7. The standard InChI is InChI=1S/C25H25ClFN7O2/c1-12-10-29-21(17-6-7-28-24(31-17)25(3,4)36)20(27)22(12)34-13(2)8-16(19(26)23(34)35)14-9-15(14)18-11-30-33(5)32-18/h6-8,10-11,14-15,36H,9H2,1-5H3/t14-,15-/m0/s1/i5D3. The molecule has 0 spiro atoms. The molecule has 0 bridgehead atoms. The van der Waals surface area contributed by atoms with Crippen LogP contribution in [0.15, 0.2) is 35.5 Å². The van der Waals surface area contributed by atoms with E-state index in [1.54, 1.807) is 19.9 Å². The fourth-order valence-corrected chi connectivity index (χ4v) is 4.67. The van der Waals surface area contributed by atoms with Gasteiger partial charge in [-0.25, -0.2) is 14.4 Å². The summed E-state index contributed by atoms with van der Waals surface area (Å²) in [6, 6.07) is 3.21. The number of pyridine rings is 2. The van der Waals surface area contributed by atoms with Crippen molar-refractivity contribution in [2.24, 2.45) is 6.98 Å². The average molecular weight is 513 g/mol. The third kappa shape index (κ3) is 4.10. The summed E-state index contributed by atoms with van der Waals surface area (Å²) in [5, 5.41) is 18.1. The second kappa shape index (κ2) is 8.56. The summed E-state index contributed by atoms with van der Waals surface area (Å²) in [6.07, 6.45) is 4.87. The highest BCUT2D eigenvalue weighted by atomic mass is 35.5. The molecule has 0 aromatic carbocycles. The molecule has 0 radical (unpaired) electrons. The maximum atomic E-state index is 16.0. The number of aryl methyl sites for hydroxylation is 3. The molecule has 1 fully saturated rings. The van der Waals surface area contributed by atoms with Crippen LogP contribution in [-0.4, -0.2) is 39.6 Å². The quantitative estimate of drug-likeness (QED) is 0.433. The van der Waals surface area contributed by atoms with Crippen molar-refractivity contribution in [1.82, 2.24) is 34.5 Å². The summed E-state index contributed by atoms with van der Waals surface area (Å²) in [6.45, 7) is 3.87. The zero-order chi connectivity index (χ0) is 28.4. The highest BCUT2D eigenvalue weighted by Crippen LogP contribution is 2.55. The van der Waals surface area contributed by atoms with E-state index in [2.05, 4.69) is 25.1 Å². The van der Waals surface area contributed by atoms with Crippen LogP contribution in [0.5, 0.6) is 0 Å². The molecule has 2 atom stereocenters. The minimum Gasteiger partial charge on any atom is -0.382 e. The number of halogens is 2. The van der Waals surface area contributed by atoms with Crippen LogP contribution in [0, 0.1) is 19.7 Å². The molecule has 0 aliphatic heterocycles. The number of nitrogens with zero attached hydrogens (tertiary/aromatic N) is 7. The predicted octanol–water partition coefficient (Wildman–Crippen LogP) is 3.73. The van der Waals surface area contributed by atoms with E-state index in [0.29, 0.717) is 33.7 Å². The predicted molar refractivity (Wildman–Crippen MR) is 132 cm³/mol. The smallest absolute Gasteiger partial charge is 0.274 e. The SMILES string of the molecule is [2H]C([2H])([2H])n1ncc([C@H]2C[C@@H]2c2cc(C)n(-c3c(C)cnc(-c4ccnc(C(C)(C)O)n4)c3F)c(=O)c2Cl)n1. The number of rotatable bonds is 5. The van der Waals surface area contributed by atoms with Crippen LogP contribution >= 0.6 is 11.6 Å². The van der Waals surface area contributed by atoms with Crippen LogP contribution in [0.4, 0.5) is 4.39 Å². The first-order valence-corrected chi connectivity index (χ1v) is 11.6. The van der Waals surface area contributed by atoms with Crippen molar-refractivity contribution in [2.45, 2.75) is 51.6 Å². The molecule has 4 aromatic rings. The van der Waals surface area contributed by atoms with Crippen molar-refractivity contribution >= 4 is 11.6 Å². The molecule has 9 nitrogen and oxygen atoms in total. The van der Waals surface area contributed by atoms with Gasteiger partial charge in [-0.1, -0.05) is 11.6 Å². The van der Waals surface area contributed by atoms with Crippen molar-refractivity contribution in [3.05, 3.63) is 80.3 Å². The van der Waals surface area contributed by atoms with Gasteiger partial charge in [0.1, 0.15) is 16.3 Å². The number of hydrogen-bond donors (Lipinski definition) is 1. The third-order valence-corrected chi connectivity index (χ3v) is 6.67. The molecule has 36 heavy (non-hydrogen) atoms. The Kier molecular flexibility index (Phi) is 4.92. The van der Waals surface area contributed by atoms with Gasteiger partial charge >= 0.3 is 0 Å². The maximum Gasteiger partial charge on any atom is 0.274 e. The molecule has 4 heterocycles. The fourth-order valence-electron chi connectivity index (χ4n) is 4.40. The van der Waals surface area contributed by atoms with Crippen LogP contribution in [0.1, 0.15) is 64.6 Å². The molecule has 0 unspecified atom stereocenters. The van der Waals surface area contributed by atoms with Gasteiger partial charge in [-0.05, 0) is 63.3 Å². The zero-order valence-electron chi connectivity index (χ0n) is 23.0. The van der Waals surface area contributed by atoms with Crippen molar-refractivity contribution in [1.29, 1.82) is 0 Å². The number of aliphatic hydroxyl groups is 1. The largest absolute Gasteiger partial charge is 0.382 e. The van der Waals surface area contributed by atoms with Gasteiger partial charge in [0.05, 0.1) is 23.3 Å². The lowest BCUT2D eigenvalue weighted by atomic mass is 10.1. The second-order valence-electron chi connectivity index (χ2n) is 9.48. The third-order valence-electron chi connectivity index (χ3n) is 6.29. The highest BCUT2D eigenvalue weighted by molar-refractivity contribution is 6.31. The zero-order valence-corrected chi connectivity index (χ0v) is 20.7. The van der Waals surface area contributed by atoms with Crippen LogP contribution < -0.4 is 5.56 Å². The Balaban J connectivity index is 1.55. The van der Waals surface area contributed by atoms with E-state index in [0.717, 1.165) is 0 Å². The van der Waals surface area contributed by atoms with Gasteiger partial charge in [-0.15, -0.1) is 0 Å². The Bertz CT molecular complexity index is 1660. The molecule has 5 rings (SSSR count). The molecule has 1 N–H and O–H groups in total. The van der Waals surface area contributed by atoms with Gasteiger partial charge in [0, 0.05) is 35.1 Å². The van der Waals surface area contributed by atoms with Gasteiger partial charge in [-0.3, -0.25) is 14.3 Å². The first-order chi connectivity index (χ1) is 18.2. The molecule has 0 saturated heterocycles. The Morgan fingerprint density at radius 2 is 2.03 bits per heavy atom. The monoisotopic (exact) mass is 512 g/mol. The van der Waals surface area contributed by atoms with E-state index in [4.69, 9.17) is 15.7 Å². The van der Waals surface area contributed by atoms with Gasteiger partial charge in [0.15, 0.2) is 11.6 Å². The van der Waals surface area contributed by atoms with Gasteiger partial charge < -0.3 is 5.11 Å². The van der Waals surface area contributed by atoms with Crippen molar-refractivity contribution in [3.8, 4) is 17.1 Å². The summed E-state index contributed by atoms with van der Waals surface area (Å²) in [7, 11) is 0. The van der Waals surface area contributed by atoms with Gasteiger partial charge in [-0.2, -0.15) is 15.0 Å². The number of hydrogen-bond acceptors (Lipinski definition) is 7. The maximum absolute atomic E-state index is 16.0. The normalized spacial score (nSPS) is 19.0. The molecule has 4 aromatic heterocycles. The Hall–Kier alpha value is -3.50. The molecular formula is C25H25ClFN7O2. The summed E-state index contributed by atoms with van der Waals surface area (Å²) < 4.78 is 39.6. The van der Waals surface area contributed by atoms with E-state index >= 15 is 4.39 Å². The van der Waals surface area contributed by atoms with E-state index in [-0.39, 0.29) is 39.8 Å². The van der Waals surface area contributed by atoms with E-state index in [9.17, 15) is 9.90 Å². The van der Waals surface area contributed by atoms with Crippen molar-refractivity contribution in [3.63, 3.8) is 0 Å². The lowest BCUT2D eigenvalue weighted by Gasteiger charge is -2.18. The molecule has 0 amide bonds. The van der Waals surface area contributed by atoms with Crippen molar-refractivity contribution in [2.75, 3.05) is 0 Å². The van der Waals surface area contributed by atoms with E-state index < -0.39 is 24.0 Å². The van der Waals surface area contributed by atoms with E-state index in [1.807, 2.05) is 0 Å². The molecule has 186 valence electrons. The summed E-state index contributed by atoms with van der Waals surface area (Å²) in [5.41, 5.74) is 0.0534. The topological polar surface area (TPSA) is 112 Å². The Morgan fingerprint density at radius 1 is 1.25 bits per heavy atom. The summed E-state index contributed by atoms with van der Waals surface area (Å²) in [5.74, 6) is -0.959.